The zero-order chi connectivity index (χ0) is 22.8. The van der Waals surface area contributed by atoms with Crippen molar-refractivity contribution in [1.29, 1.82) is 0 Å². The number of amides is 1. The van der Waals surface area contributed by atoms with E-state index in [9.17, 15) is 18.0 Å². The Hall–Kier alpha value is -2.17. The highest BCUT2D eigenvalue weighted by Crippen LogP contribution is 2.32. The molecular formula is C21H29N3O5S2. The number of nitrogens with zero attached hydrogens (tertiary/aromatic N) is 2. The Bertz CT molecular complexity index is 1050. The number of esters is 1. The summed E-state index contributed by atoms with van der Waals surface area (Å²) in [6.07, 6.45) is 0.879. The van der Waals surface area contributed by atoms with Gasteiger partial charge in [0.25, 0.3) is 0 Å². The molecule has 2 aromatic heterocycles. The molecule has 1 aliphatic rings. The number of carbonyl (C=O) groups is 2. The van der Waals surface area contributed by atoms with Gasteiger partial charge in [-0.25, -0.2) is 13.2 Å². The fourth-order valence-electron chi connectivity index (χ4n) is 3.90. The van der Waals surface area contributed by atoms with Crippen LogP contribution in [0.1, 0.15) is 46.4 Å². The van der Waals surface area contributed by atoms with Gasteiger partial charge in [-0.05, 0) is 45.1 Å². The highest BCUT2D eigenvalue weighted by molar-refractivity contribution is 7.89. The molecule has 0 atom stereocenters. The maximum Gasteiger partial charge on any atom is 0.341 e. The third-order valence-corrected chi connectivity index (χ3v) is 8.78. The van der Waals surface area contributed by atoms with Gasteiger partial charge < -0.3 is 14.6 Å². The summed E-state index contributed by atoms with van der Waals surface area (Å²) in [5.41, 5.74) is 1.14. The van der Waals surface area contributed by atoms with E-state index in [0.717, 1.165) is 4.88 Å². The maximum absolute atomic E-state index is 13.5. The molecule has 0 aromatic carbocycles. The number of hydrogen-bond donors (Lipinski definition) is 1. The zero-order valence-corrected chi connectivity index (χ0v) is 19.9. The second kappa shape index (κ2) is 9.54. The lowest BCUT2D eigenvalue weighted by Gasteiger charge is -2.30. The van der Waals surface area contributed by atoms with Gasteiger partial charge >= 0.3 is 5.97 Å². The number of hydrogen-bond acceptors (Lipinski definition) is 6. The van der Waals surface area contributed by atoms with Crippen LogP contribution in [0, 0.1) is 19.8 Å². The van der Waals surface area contributed by atoms with Gasteiger partial charge in [0.2, 0.25) is 15.9 Å². The molecule has 31 heavy (non-hydrogen) atoms. The van der Waals surface area contributed by atoms with Crippen LogP contribution in [0.15, 0.2) is 22.4 Å². The second-order valence-corrected chi connectivity index (χ2v) is 10.5. The van der Waals surface area contributed by atoms with Crippen LogP contribution in [-0.2, 0) is 33.1 Å². The molecule has 3 rings (SSSR count). The normalized spacial score (nSPS) is 15.7. The quantitative estimate of drug-likeness (QED) is 0.631. The number of sulfonamides is 1. The van der Waals surface area contributed by atoms with Crippen LogP contribution >= 0.6 is 11.3 Å². The van der Waals surface area contributed by atoms with Crippen molar-refractivity contribution < 1.29 is 22.7 Å². The average molecular weight is 468 g/mol. The molecule has 1 fully saturated rings. The van der Waals surface area contributed by atoms with Gasteiger partial charge in [0.1, 0.15) is 10.5 Å². The summed E-state index contributed by atoms with van der Waals surface area (Å²) in [5.74, 6) is -0.913. The summed E-state index contributed by atoms with van der Waals surface area (Å²) in [6.45, 7) is 6.20. The standard InChI is InChI=1S/C21H29N3O5S2/c1-5-29-21(26)18-14(2)23(4)15(3)19(18)31(27,28)24-10-8-16(9-11-24)20(25)22-13-17-7-6-12-30-17/h6-7,12,16H,5,8-11,13H2,1-4H3,(H,22,25). The molecule has 0 radical (unpaired) electrons. The van der Waals surface area contributed by atoms with Crippen molar-refractivity contribution in [3.8, 4) is 0 Å². The second-order valence-electron chi connectivity index (χ2n) is 7.63. The molecule has 0 unspecified atom stereocenters. The number of rotatable bonds is 7. The summed E-state index contributed by atoms with van der Waals surface area (Å²) >= 11 is 1.58. The molecule has 1 saturated heterocycles. The lowest BCUT2D eigenvalue weighted by Crippen LogP contribution is -2.43. The number of aromatic nitrogens is 1. The largest absolute Gasteiger partial charge is 0.462 e. The minimum atomic E-state index is -3.90. The average Bonchev–Trinajstić information content (AvgIpc) is 3.35. The first-order chi connectivity index (χ1) is 14.7. The van der Waals surface area contributed by atoms with E-state index in [4.69, 9.17) is 4.74 Å². The van der Waals surface area contributed by atoms with Gasteiger partial charge in [0.05, 0.1) is 13.2 Å². The minimum absolute atomic E-state index is 0.00606. The van der Waals surface area contributed by atoms with Crippen LogP contribution in [0.3, 0.4) is 0 Å². The molecule has 0 saturated carbocycles. The molecule has 1 amide bonds. The summed E-state index contributed by atoms with van der Waals surface area (Å²) in [5, 5.41) is 4.90. The van der Waals surface area contributed by atoms with E-state index in [-0.39, 0.29) is 42.0 Å². The fraction of sp³-hybridized carbons (Fsp3) is 0.524. The number of nitrogens with one attached hydrogen (secondary N) is 1. The van der Waals surface area contributed by atoms with Crippen LogP contribution in [0.25, 0.3) is 0 Å². The number of piperidine rings is 1. The topological polar surface area (TPSA) is 97.7 Å². The van der Waals surface area contributed by atoms with Crippen molar-refractivity contribution in [2.45, 2.75) is 45.1 Å². The zero-order valence-electron chi connectivity index (χ0n) is 18.3. The molecule has 170 valence electrons. The van der Waals surface area contributed by atoms with Gasteiger partial charge in [0.15, 0.2) is 0 Å². The van der Waals surface area contributed by atoms with E-state index in [1.165, 1.54) is 4.31 Å². The van der Waals surface area contributed by atoms with Gasteiger partial charge in [0, 0.05) is 42.3 Å². The van der Waals surface area contributed by atoms with Crippen molar-refractivity contribution in [2.75, 3.05) is 19.7 Å². The van der Waals surface area contributed by atoms with E-state index in [2.05, 4.69) is 5.32 Å². The third kappa shape index (κ3) is 4.70. The summed E-state index contributed by atoms with van der Waals surface area (Å²) < 4.78 is 35.1. The van der Waals surface area contributed by atoms with Crippen molar-refractivity contribution in [1.82, 2.24) is 14.2 Å². The fourth-order valence-corrected chi connectivity index (χ4v) is 6.49. The van der Waals surface area contributed by atoms with E-state index in [1.807, 2.05) is 17.5 Å². The first kappa shape index (κ1) is 23.5. The van der Waals surface area contributed by atoms with Crippen LogP contribution in [-0.4, -0.2) is 48.9 Å². The first-order valence-electron chi connectivity index (χ1n) is 10.3. The Morgan fingerprint density at radius 3 is 2.48 bits per heavy atom. The number of ether oxygens (including phenoxy) is 1. The highest BCUT2D eigenvalue weighted by atomic mass is 32.2. The molecule has 0 spiro atoms. The first-order valence-corrected chi connectivity index (χ1v) is 12.6. The molecular weight excluding hydrogens is 438 g/mol. The molecule has 1 aliphatic heterocycles. The third-order valence-electron chi connectivity index (χ3n) is 5.84. The predicted octanol–water partition coefficient (Wildman–Crippen LogP) is 2.60. The highest BCUT2D eigenvalue weighted by Gasteiger charge is 2.38. The number of thiophene rings is 1. The summed E-state index contributed by atoms with van der Waals surface area (Å²) in [6, 6.07) is 3.90. The van der Waals surface area contributed by atoms with E-state index >= 15 is 0 Å². The van der Waals surface area contributed by atoms with Crippen LogP contribution in [0.2, 0.25) is 0 Å². The van der Waals surface area contributed by atoms with E-state index in [1.54, 1.807) is 43.7 Å². The van der Waals surface area contributed by atoms with Crippen LogP contribution < -0.4 is 5.32 Å². The Morgan fingerprint density at radius 1 is 1.23 bits per heavy atom. The summed E-state index contributed by atoms with van der Waals surface area (Å²) in [4.78, 5) is 26.1. The smallest absolute Gasteiger partial charge is 0.341 e. The molecule has 1 N–H and O–H groups in total. The molecule has 2 aromatic rings. The van der Waals surface area contributed by atoms with Crippen LogP contribution in [0.4, 0.5) is 0 Å². The van der Waals surface area contributed by atoms with Gasteiger partial charge in [-0.15, -0.1) is 11.3 Å². The Morgan fingerprint density at radius 2 is 1.90 bits per heavy atom. The van der Waals surface area contributed by atoms with Crippen molar-refractivity contribution in [3.05, 3.63) is 39.3 Å². The lowest BCUT2D eigenvalue weighted by molar-refractivity contribution is -0.126. The van der Waals surface area contributed by atoms with Crippen molar-refractivity contribution >= 4 is 33.2 Å². The minimum Gasteiger partial charge on any atom is -0.462 e. The maximum atomic E-state index is 13.5. The van der Waals surface area contributed by atoms with Gasteiger partial charge in [-0.2, -0.15) is 4.31 Å². The van der Waals surface area contributed by atoms with Gasteiger partial charge in [-0.1, -0.05) is 6.07 Å². The Kier molecular flexibility index (Phi) is 7.23. The van der Waals surface area contributed by atoms with Crippen LogP contribution in [0.5, 0.6) is 0 Å². The van der Waals surface area contributed by atoms with Crippen molar-refractivity contribution in [3.63, 3.8) is 0 Å². The summed E-state index contributed by atoms with van der Waals surface area (Å²) in [7, 11) is -2.17. The molecule has 0 aliphatic carbocycles. The van der Waals surface area contributed by atoms with E-state index in [0.29, 0.717) is 30.8 Å². The Balaban J connectivity index is 1.74. The molecule has 3 heterocycles. The predicted molar refractivity (Wildman–Crippen MR) is 118 cm³/mol. The number of carbonyl (C=O) groups excluding carboxylic acids is 2. The SMILES string of the molecule is CCOC(=O)c1c(S(=O)(=O)N2CCC(C(=O)NCc3cccs3)CC2)c(C)n(C)c1C. The molecule has 0 bridgehead atoms. The van der Waals surface area contributed by atoms with Gasteiger partial charge in [-0.3, -0.25) is 4.79 Å². The lowest BCUT2D eigenvalue weighted by atomic mass is 9.97. The van der Waals surface area contributed by atoms with E-state index < -0.39 is 16.0 Å². The molecule has 8 nitrogen and oxygen atoms in total. The van der Waals surface area contributed by atoms with Crippen molar-refractivity contribution in [2.24, 2.45) is 13.0 Å². The Labute approximate surface area is 187 Å². The molecule has 10 heteroatoms. The monoisotopic (exact) mass is 467 g/mol.